The molecule has 2 heterocycles. The van der Waals surface area contributed by atoms with Gasteiger partial charge in [0.15, 0.2) is 5.96 Å². The Morgan fingerprint density at radius 2 is 2.08 bits per heavy atom. The van der Waals surface area contributed by atoms with E-state index in [-0.39, 0.29) is 24.0 Å². The molecular formula is C19H24IN5S. The zero-order chi connectivity index (χ0) is 17.5. The highest BCUT2D eigenvalue weighted by molar-refractivity contribution is 14.0. The van der Waals surface area contributed by atoms with Crippen LogP contribution in [-0.2, 0) is 13.1 Å². The normalized spacial score (nSPS) is 11.1. The molecule has 138 valence electrons. The Morgan fingerprint density at radius 1 is 1.23 bits per heavy atom. The number of hydrogen-bond acceptors (Lipinski definition) is 3. The topological polar surface area (TPSA) is 54.2 Å². The molecule has 1 aromatic carbocycles. The van der Waals surface area contributed by atoms with Gasteiger partial charge in [0.25, 0.3) is 0 Å². The van der Waals surface area contributed by atoms with E-state index in [2.05, 4.69) is 53.0 Å². The van der Waals surface area contributed by atoms with Crippen LogP contribution in [0, 0.1) is 6.92 Å². The smallest absolute Gasteiger partial charge is 0.191 e. The van der Waals surface area contributed by atoms with Crippen LogP contribution >= 0.6 is 35.3 Å². The Labute approximate surface area is 175 Å². The van der Waals surface area contributed by atoms with Crippen LogP contribution in [-0.4, -0.2) is 22.1 Å². The number of aromatic nitrogens is 2. The van der Waals surface area contributed by atoms with Crippen LogP contribution in [0.5, 0.6) is 0 Å². The summed E-state index contributed by atoms with van der Waals surface area (Å²) in [7, 11) is 0. The number of nitrogens with one attached hydrogen (secondary N) is 2. The minimum absolute atomic E-state index is 0. The van der Waals surface area contributed by atoms with Gasteiger partial charge in [-0.1, -0.05) is 18.2 Å². The van der Waals surface area contributed by atoms with Crippen molar-refractivity contribution in [1.82, 2.24) is 20.2 Å². The highest BCUT2D eigenvalue weighted by atomic mass is 127. The van der Waals surface area contributed by atoms with E-state index in [9.17, 15) is 0 Å². The number of aryl methyl sites for hydroxylation is 1. The summed E-state index contributed by atoms with van der Waals surface area (Å²) in [6.45, 7) is 6.44. The third kappa shape index (κ3) is 5.31. The minimum atomic E-state index is 0. The first-order chi connectivity index (χ1) is 12.3. The number of rotatable bonds is 6. The predicted molar refractivity (Wildman–Crippen MR) is 120 cm³/mol. The van der Waals surface area contributed by atoms with E-state index in [1.165, 1.54) is 10.4 Å². The number of para-hydroxylation sites is 1. The zero-order valence-electron chi connectivity index (χ0n) is 15.0. The standard InChI is InChI=1S/C19H23N5S.HI/c1-3-21-19(23-13-18-15(2)8-11-25-18)22-12-16-6-4-5-7-17(16)24-10-9-20-14-24;/h4-11,14H,3,12-13H2,1-2H3,(H2,21,22,23);1H. The van der Waals surface area contributed by atoms with Crippen LogP contribution in [0.15, 0.2) is 59.4 Å². The van der Waals surface area contributed by atoms with Crippen molar-refractivity contribution in [3.8, 4) is 5.69 Å². The molecule has 0 spiro atoms. The second kappa shape index (κ2) is 10.3. The van der Waals surface area contributed by atoms with Gasteiger partial charge < -0.3 is 15.2 Å². The third-order valence-corrected chi connectivity index (χ3v) is 4.93. The van der Waals surface area contributed by atoms with Crippen molar-refractivity contribution in [2.24, 2.45) is 4.99 Å². The lowest BCUT2D eigenvalue weighted by Gasteiger charge is -2.12. The molecule has 0 atom stereocenters. The molecule has 3 rings (SSSR count). The van der Waals surface area contributed by atoms with Gasteiger partial charge in [0.1, 0.15) is 0 Å². The van der Waals surface area contributed by atoms with E-state index < -0.39 is 0 Å². The second-order valence-electron chi connectivity index (χ2n) is 5.67. The molecule has 0 aliphatic rings. The number of imidazole rings is 1. The predicted octanol–water partition coefficient (Wildman–Crippen LogP) is 4.12. The van der Waals surface area contributed by atoms with Gasteiger partial charge in [0, 0.05) is 23.8 Å². The summed E-state index contributed by atoms with van der Waals surface area (Å²) < 4.78 is 2.01. The number of halogens is 1. The fourth-order valence-electron chi connectivity index (χ4n) is 2.55. The maximum atomic E-state index is 4.75. The maximum Gasteiger partial charge on any atom is 0.191 e. The van der Waals surface area contributed by atoms with Gasteiger partial charge >= 0.3 is 0 Å². The van der Waals surface area contributed by atoms with Gasteiger partial charge in [0.2, 0.25) is 0 Å². The second-order valence-corrected chi connectivity index (χ2v) is 6.67. The van der Waals surface area contributed by atoms with Gasteiger partial charge in [-0.3, -0.25) is 0 Å². The van der Waals surface area contributed by atoms with Crippen molar-refractivity contribution in [3.05, 3.63) is 70.4 Å². The van der Waals surface area contributed by atoms with E-state index in [4.69, 9.17) is 4.99 Å². The van der Waals surface area contributed by atoms with Gasteiger partial charge in [0.05, 0.1) is 25.1 Å². The Hall–Kier alpha value is -1.87. The van der Waals surface area contributed by atoms with E-state index in [0.717, 1.165) is 30.3 Å². The lowest BCUT2D eigenvalue weighted by atomic mass is 10.2. The molecule has 5 nitrogen and oxygen atoms in total. The Kier molecular flexibility index (Phi) is 8.11. The van der Waals surface area contributed by atoms with Crippen LogP contribution in [0.2, 0.25) is 0 Å². The number of thiophene rings is 1. The first-order valence-corrected chi connectivity index (χ1v) is 9.27. The van der Waals surface area contributed by atoms with Crippen molar-refractivity contribution in [1.29, 1.82) is 0 Å². The van der Waals surface area contributed by atoms with Crippen molar-refractivity contribution in [3.63, 3.8) is 0 Å². The SMILES string of the molecule is CCNC(=NCc1ccccc1-n1ccnc1)NCc1sccc1C.I. The Balaban J connectivity index is 0.00000243. The Morgan fingerprint density at radius 3 is 2.77 bits per heavy atom. The summed E-state index contributed by atoms with van der Waals surface area (Å²) in [5.41, 5.74) is 3.58. The van der Waals surface area contributed by atoms with Gasteiger partial charge in [-0.05, 0) is 42.5 Å². The summed E-state index contributed by atoms with van der Waals surface area (Å²) in [5, 5.41) is 8.85. The number of aliphatic imine (C=N–C) groups is 1. The average Bonchev–Trinajstić information content (AvgIpc) is 3.29. The molecule has 2 N–H and O–H groups in total. The molecule has 0 saturated heterocycles. The summed E-state index contributed by atoms with van der Waals surface area (Å²) in [4.78, 5) is 10.2. The van der Waals surface area contributed by atoms with Crippen molar-refractivity contribution >= 4 is 41.3 Å². The molecule has 0 fully saturated rings. The lowest BCUT2D eigenvalue weighted by molar-refractivity contribution is 0.819. The quantitative estimate of drug-likeness (QED) is 0.317. The van der Waals surface area contributed by atoms with E-state index in [1.54, 1.807) is 17.5 Å². The number of benzene rings is 1. The van der Waals surface area contributed by atoms with Gasteiger partial charge in [-0.15, -0.1) is 35.3 Å². The number of hydrogen-bond donors (Lipinski definition) is 2. The van der Waals surface area contributed by atoms with E-state index in [1.807, 2.05) is 29.2 Å². The molecule has 0 amide bonds. The molecule has 0 aliphatic carbocycles. The largest absolute Gasteiger partial charge is 0.357 e. The highest BCUT2D eigenvalue weighted by Gasteiger charge is 2.05. The van der Waals surface area contributed by atoms with Gasteiger partial charge in [-0.2, -0.15) is 0 Å². The molecule has 2 aromatic heterocycles. The molecule has 0 saturated carbocycles. The molecule has 0 aliphatic heterocycles. The van der Waals surface area contributed by atoms with E-state index >= 15 is 0 Å². The number of nitrogens with zero attached hydrogens (tertiary/aromatic N) is 3. The Bertz CT molecular complexity index is 826. The van der Waals surface area contributed by atoms with Crippen molar-refractivity contribution < 1.29 is 0 Å². The summed E-state index contributed by atoms with van der Waals surface area (Å²) in [5.74, 6) is 0.829. The van der Waals surface area contributed by atoms with Crippen LogP contribution in [0.1, 0.15) is 22.9 Å². The molecule has 3 aromatic rings. The summed E-state index contributed by atoms with van der Waals surface area (Å²) >= 11 is 1.77. The molecule has 0 unspecified atom stereocenters. The van der Waals surface area contributed by atoms with Crippen LogP contribution in [0.25, 0.3) is 5.69 Å². The summed E-state index contributed by atoms with van der Waals surface area (Å²) in [6, 6.07) is 10.4. The minimum Gasteiger partial charge on any atom is -0.357 e. The fraction of sp³-hybridized carbons (Fsp3) is 0.263. The first kappa shape index (κ1) is 20.4. The molecule has 26 heavy (non-hydrogen) atoms. The monoisotopic (exact) mass is 481 g/mol. The first-order valence-electron chi connectivity index (χ1n) is 8.39. The number of guanidine groups is 1. The molecule has 0 radical (unpaired) electrons. The van der Waals surface area contributed by atoms with Crippen LogP contribution in [0.4, 0.5) is 0 Å². The average molecular weight is 481 g/mol. The van der Waals surface area contributed by atoms with Crippen molar-refractivity contribution in [2.45, 2.75) is 26.9 Å². The zero-order valence-corrected chi connectivity index (χ0v) is 18.1. The van der Waals surface area contributed by atoms with Crippen LogP contribution < -0.4 is 10.6 Å². The molecule has 7 heteroatoms. The van der Waals surface area contributed by atoms with Gasteiger partial charge in [-0.25, -0.2) is 9.98 Å². The summed E-state index contributed by atoms with van der Waals surface area (Å²) in [6.07, 6.45) is 5.55. The van der Waals surface area contributed by atoms with Crippen LogP contribution in [0.3, 0.4) is 0 Å². The maximum absolute atomic E-state index is 4.75. The molecular weight excluding hydrogens is 457 g/mol. The molecule has 0 bridgehead atoms. The van der Waals surface area contributed by atoms with E-state index in [0.29, 0.717) is 6.54 Å². The third-order valence-electron chi connectivity index (χ3n) is 3.91. The fourth-order valence-corrected chi connectivity index (χ4v) is 3.40. The highest BCUT2D eigenvalue weighted by Crippen LogP contribution is 2.16. The van der Waals surface area contributed by atoms with Crippen molar-refractivity contribution in [2.75, 3.05) is 6.54 Å². The lowest BCUT2D eigenvalue weighted by Crippen LogP contribution is -2.36.